The first-order valence-electron chi connectivity index (χ1n) is 7.01. The Bertz CT molecular complexity index is 836. The molecule has 0 saturated carbocycles. The fourth-order valence-electron chi connectivity index (χ4n) is 2.00. The number of ether oxygens (including phenoxy) is 1. The van der Waals surface area contributed by atoms with Crippen molar-refractivity contribution in [3.8, 4) is 5.75 Å². The molecule has 0 aromatic heterocycles. The first-order chi connectivity index (χ1) is 11.3. The second-order valence-electron chi connectivity index (χ2n) is 4.99. The molecule has 1 amide bonds. The van der Waals surface area contributed by atoms with Crippen LogP contribution in [0.5, 0.6) is 5.75 Å². The highest BCUT2D eigenvalue weighted by molar-refractivity contribution is 7.89. The Balaban J connectivity index is 2.19. The third kappa shape index (κ3) is 4.70. The van der Waals surface area contributed by atoms with Crippen LogP contribution in [0.4, 0.5) is 5.69 Å². The highest BCUT2D eigenvalue weighted by Crippen LogP contribution is 2.27. The molecule has 24 heavy (non-hydrogen) atoms. The minimum Gasteiger partial charge on any atom is -0.495 e. The van der Waals surface area contributed by atoms with E-state index in [-0.39, 0.29) is 23.1 Å². The molecule has 128 valence electrons. The molecule has 0 aliphatic carbocycles. The normalized spacial score (nSPS) is 11.1. The van der Waals surface area contributed by atoms with Crippen molar-refractivity contribution in [3.05, 3.63) is 53.1 Å². The molecular formula is C16H17ClN2O4S. The standard InChI is InChI=1S/C16H17ClN2O4S/c1-11(20)19-15-8-7-14(9-16(15)23-2)24(21,22)18-10-12-3-5-13(17)6-4-12/h3-9,18H,10H2,1-2H3,(H,19,20). The molecular weight excluding hydrogens is 352 g/mol. The van der Waals surface area contributed by atoms with E-state index in [1.807, 2.05) is 0 Å². The van der Waals surface area contributed by atoms with Gasteiger partial charge in [0.05, 0.1) is 17.7 Å². The Morgan fingerprint density at radius 2 is 1.83 bits per heavy atom. The zero-order chi connectivity index (χ0) is 17.7. The van der Waals surface area contributed by atoms with Crippen LogP contribution in [0, 0.1) is 0 Å². The van der Waals surface area contributed by atoms with Crippen molar-refractivity contribution in [1.29, 1.82) is 0 Å². The van der Waals surface area contributed by atoms with Crippen molar-refractivity contribution in [2.45, 2.75) is 18.4 Å². The van der Waals surface area contributed by atoms with E-state index in [0.29, 0.717) is 10.7 Å². The van der Waals surface area contributed by atoms with Crippen molar-refractivity contribution in [2.75, 3.05) is 12.4 Å². The summed E-state index contributed by atoms with van der Waals surface area (Å²) in [5.74, 6) is -0.00987. The molecule has 0 spiro atoms. The van der Waals surface area contributed by atoms with Crippen LogP contribution in [-0.2, 0) is 21.4 Å². The molecule has 6 nitrogen and oxygen atoms in total. The zero-order valence-electron chi connectivity index (χ0n) is 13.2. The number of amides is 1. The van der Waals surface area contributed by atoms with Crippen molar-refractivity contribution >= 4 is 33.2 Å². The summed E-state index contributed by atoms with van der Waals surface area (Å²) in [6.07, 6.45) is 0. The van der Waals surface area contributed by atoms with Gasteiger partial charge in [-0.3, -0.25) is 4.79 Å². The summed E-state index contributed by atoms with van der Waals surface area (Å²) in [5.41, 5.74) is 1.19. The molecule has 0 fully saturated rings. The molecule has 2 aromatic carbocycles. The number of benzene rings is 2. The number of anilines is 1. The average molecular weight is 369 g/mol. The molecule has 0 radical (unpaired) electrons. The number of rotatable bonds is 6. The van der Waals surface area contributed by atoms with Gasteiger partial charge in [0.15, 0.2) is 0 Å². The van der Waals surface area contributed by atoms with Crippen LogP contribution in [0.3, 0.4) is 0 Å². The SMILES string of the molecule is COc1cc(S(=O)(=O)NCc2ccc(Cl)cc2)ccc1NC(C)=O. The summed E-state index contributed by atoms with van der Waals surface area (Å²) in [5, 5.41) is 3.16. The molecule has 2 rings (SSSR count). The van der Waals surface area contributed by atoms with E-state index < -0.39 is 10.0 Å². The van der Waals surface area contributed by atoms with E-state index in [1.54, 1.807) is 24.3 Å². The van der Waals surface area contributed by atoms with Crippen LogP contribution in [0.15, 0.2) is 47.4 Å². The third-order valence-corrected chi connectivity index (χ3v) is 4.82. The summed E-state index contributed by atoms with van der Waals surface area (Å²) in [6, 6.07) is 11.1. The van der Waals surface area contributed by atoms with Crippen LogP contribution in [0.1, 0.15) is 12.5 Å². The number of nitrogens with one attached hydrogen (secondary N) is 2. The maximum Gasteiger partial charge on any atom is 0.241 e. The van der Waals surface area contributed by atoms with Gasteiger partial charge in [-0.1, -0.05) is 23.7 Å². The van der Waals surface area contributed by atoms with Crippen molar-refractivity contribution in [1.82, 2.24) is 4.72 Å². The van der Waals surface area contributed by atoms with Gasteiger partial charge in [0, 0.05) is 24.6 Å². The summed E-state index contributed by atoms with van der Waals surface area (Å²) in [6.45, 7) is 1.49. The fraction of sp³-hybridized carbons (Fsp3) is 0.188. The number of carbonyl (C=O) groups excluding carboxylic acids is 1. The second-order valence-corrected chi connectivity index (χ2v) is 7.20. The Hall–Kier alpha value is -2.09. The lowest BCUT2D eigenvalue weighted by Crippen LogP contribution is -2.23. The van der Waals surface area contributed by atoms with Gasteiger partial charge in [-0.25, -0.2) is 13.1 Å². The van der Waals surface area contributed by atoms with Crippen LogP contribution < -0.4 is 14.8 Å². The first kappa shape index (κ1) is 18.3. The van der Waals surface area contributed by atoms with Gasteiger partial charge in [0.2, 0.25) is 15.9 Å². The molecule has 2 aromatic rings. The van der Waals surface area contributed by atoms with Crippen LogP contribution >= 0.6 is 11.6 Å². The predicted molar refractivity (Wildman–Crippen MR) is 92.8 cm³/mol. The summed E-state index contributed by atoms with van der Waals surface area (Å²) in [4.78, 5) is 11.2. The Morgan fingerprint density at radius 3 is 2.42 bits per heavy atom. The fourth-order valence-corrected chi connectivity index (χ4v) is 3.15. The summed E-state index contributed by atoms with van der Waals surface area (Å²) in [7, 11) is -2.32. The monoisotopic (exact) mass is 368 g/mol. The number of carbonyl (C=O) groups is 1. The third-order valence-electron chi connectivity index (χ3n) is 3.17. The van der Waals surface area contributed by atoms with Gasteiger partial charge in [0.25, 0.3) is 0 Å². The van der Waals surface area contributed by atoms with Crippen molar-refractivity contribution < 1.29 is 17.9 Å². The molecule has 0 bridgehead atoms. The van der Waals surface area contributed by atoms with Crippen molar-refractivity contribution in [3.63, 3.8) is 0 Å². The highest BCUT2D eigenvalue weighted by atomic mass is 35.5. The van der Waals surface area contributed by atoms with Gasteiger partial charge in [0.1, 0.15) is 5.75 Å². The van der Waals surface area contributed by atoms with E-state index in [9.17, 15) is 13.2 Å². The van der Waals surface area contributed by atoms with Crippen LogP contribution in [0.2, 0.25) is 5.02 Å². The second kappa shape index (κ2) is 7.65. The van der Waals surface area contributed by atoms with E-state index in [1.165, 1.54) is 32.2 Å². The minimum absolute atomic E-state index is 0.0439. The zero-order valence-corrected chi connectivity index (χ0v) is 14.7. The van der Waals surface area contributed by atoms with Crippen LogP contribution in [0.25, 0.3) is 0 Å². The lowest BCUT2D eigenvalue weighted by atomic mass is 10.2. The lowest BCUT2D eigenvalue weighted by molar-refractivity contribution is -0.114. The minimum atomic E-state index is -3.72. The maximum absolute atomic E-state index is 12.4. The van der Waals surface area contributed by atoms with Gasteiger partial charge in [-0.2, -0.15) is 0 Å². The number of hydrogen-bond donors (Lipinski definition) is 2. The van der Waals surface area contributed by atoms with Crippen LogP contribution in [-0.4, -0.2) is 21.4 Å². The lowest BCUT2D eigenvalue weighted by Gasteiger charge is -2.12. The number of sulfonamides is 1. The van der Waals surface area contributed by atoms with E-state index >= 15 is 0 Å². The molecule has 0 unspecified atom stereocenters. The van der Waals surface area contributed by atoms with E-state index in [0.717, 1.165) is 5.56 Å². The molecule has 0 aliphatic rings. The predicted octanol–water partition coefficient (Wildman–Crippen LogP) is 2.79. The summed E-state index contributed by atoms with van der Waals surface area (Å²) < 4.78 is 32.4. The molecule has 2 N–H and O–H groups in total. The van der Waals surface area contributed by atoms with Crippen molar-refractivity contribution in [2.24, 2.45) is 0 Å². The number of halogens is 1. The Labute approximate surface area is 145 Å². The average Bonchev–Trinajstić information content (AvgIpc) is 2.54. The Kier molecular flexibility index (Phi) is 5.82. The molecule has 8 heteroatoms. The smallest absolute Gasteiger partial charge is 0.241 e. The maximum atomic E-state index is 12.4. The van der Waals surface area contributed by atoms with E-state index in [4.69, 9.17) is 16.3 Å². The number of hydrogen-bond acceptors (Lipinski definition) is 4. The Morgan fingerprint density at radius 1 is 1.17 bits per heavy atom. The summed E-state index contributed by atoms with van der Waals surface area (Å²) >= 11 is 5.80. The highest BCUT2D eigenvalue weighted by Gasteiger charge is 2.17. The van der Waals surface area contributed by atoms with Gasteiger partial charge >= 0.3 is 0 Å². The van der Waals surface area contributed by atoms with Gasteiger partial charge in [-0.15, -0.1) is 0 Å². The van der Waals surface area contributed by atoms with E-state index in [2.05, 4.69) is 10.0 Å². The largest absolute Gasteiger partial charge is 0.495 e. The topological polar surface area (TPSA) is 84.5 Å². The van der Waals surface area contributed by atoms with Gasteiger partial charge in [-0.05, 0) is 29.8 Å². The molecule has 0 atom stereocenters. The molecule has 0 aliphatic heterocycles. The molecule has 0 saturated heterocycles. The first-order valence-corrected chi connectivity index (χ1v) is 8.87. The molecule has 0 heterocycles. The number of methoxy groups -OCH3 is 1. The quantitative estimate of drug-likeness (QED) is 0.821. The van der Waals surface area contributed by atoms with Gasteiger partial charge < -0.3 is 10.1 Å².